The van der Waals surface area contributed by atoms with Crippen molar-refractivity contribution in [1.82, 2.24) is 5.32 Å². The van der Waals surface area contributed by atoms with Crippen LogP contribution in [0.4, 0.5) is 0 Å². The molecule has 0 fully saturated rings. The fourth-order valence-electron chi connectivity index (χ4n) is 2.16. The Morgan fingerprint density at radius 2 is 1.77 bits per heavy atom. The highest BCUT2D eigenvalue weighted by Crippen LogP contribution is 2.13. The Morgan fingerprint density at radius 3 is 2.42 bits per heavy atom. The number of methoxy groups -OCH3 is 1. The fourth-order valence-corrected chi connectivity index (χ4v) is 2.29. The first-order valence-corrected chi connectivity index (χ1v) is 8.20. The van der Waals surface area contributed by atoms with E-state index in [-0.39, 0.29) is 12.3 Å². The van der Waals surface area contributed by atoms with Crippen LogP contribution in [-0.2, 0) is 9.53 Å². The zero-order chi connectivity index (χ0) is 19.1. The minimum Gasteiger partial charge on any atom is -0.497 e. The molecule has 0 saturated carbocycles. The maximum Gasteiger partial charge on any atom is 0.326 e. The summed E-state index contributed by atoms with van der Waals surface area (Å²) in [6, 6.07) is 12.8. The number of ketones is 1. The number of hydrogen-bond donors (Lipinski definition) is 1. The average molecular weight is 376 g/mol. The molecule has 2 aromatic carbocycles. The summed E-state index contributed by atoms with van der Waals surface area (Å²) in [5.41, 5.74) is 0.734. The van der Waals surface area contributed by atoms with Crippen molar-refractivity contribution in [2.24, 2.45) is 0 Å². The molecule has 7 heteroatoms. The third-order valence-electron chi connectivity index (χ3n) is 3.53. The molecule has 0 aliphatic rings. The summed E-state index contributed by atoms with van der Waals surface area (Å²) in [5, 5.41) is 2.95. The van der Waals surface area contributed by atoms with E-state index >= 15 is 0 Å². The molecule has 0 bridgehead atoms. The average Bonchev–Trinajstić information content (AvgIpc) is 2.66. The van der Waals surface area contributed by atoms with Gasteiger partial charge < -0.3 is 14.8 Å². The van der Waals surface area contributed by atoms with Gasteiger partial charge >= 0.3 is 5.97 Å². The lowest BCUT2D eigenvalue weighted by molar-refractivity contribution is -0.145. The summed E-state index contributed by atoms with van der Waals surface area (Å²) in [5.74, 6) is -0.981. The van der Waals surface area contributed by atoms with Gasteiger partial charge in [-0.15, -0.1) is 0 Å². The lowest BCUT2D eigenvalue weighted by atomic mass is 10.1. The van der Waals surface area contributed by atoms with Gasteiger partial charge in [-0.05, 0) is 49.4 Å². The zero-order valence-corrected chi connectivity index (χ0v) is 15.1. The zero-order valence-electron chi connectivity index (χ0n) is 14.3. The quantitative estimate of drug-likeness (QED) is 0.594. The second kappa shape index (κ2) is 9.01. The highest BCUT2D eigenvalue weighted by Gasteiger charge is 2.20. The maximum atomic E-state index is 12.2. The molecule has 0 heterocycles. The van der Waals surface area contributed by atoms with Gasteiger partial charge in [0, 0.05) is 16.1 Å². The van der Waals surface area contributed by atoms with Crippen molar-refractivity contribution < 1.29 is 23.9 Å². The third-order valence-corrected chi connectivity index (χ3v) is 3.78. The number of amides is 1. The number of hydrogen-bond acceptors (Lipinski definition) is 5. The van der Waals surface area contributed by atoms with Gasteiger partial charge in [-0.1, -0.05) is 17.7 Å². The molecule has 0 aromatic heterocycles. The van der Waals surface area contributed by atoms with E-state index in [1.165, 1.54) is 14.0 Å². The molecule has 2 aromatic rings. The Morgan fingerprint density at radius 1 is 1.08 bits per heavy atom. The molecule has 0 aliphatic heterocycles. The standard InChI is InChI=1S/C19H18ClNO5/c1-12(18(23)13-6-8-15(20)9-7-13)26-17(22)11-21-19(24)14-4-3-5-16(10-14)25-2/h3-10,12H,11H2,1-2H3,(H,21,24)/t12-/m1/s1. The van der Waals surface area contributed by atoms with Crippen LogP contribution in [0.3, 0.4) is 0 Å². The van der Waals surface area contributed by atoms with Crippen molar-refractivity contribution in [3.05, 3.63) is 64.7 Å². The minimum absolute atomic E-state index is 0.349. The second-order valence-electron chi connectivity index (χ2n) is 5.42. The van der Waals surface area contributed by atoms with Crippen LogP contribution in [0.1, 0.15) is 27.6 Å². The number of nitrogens with one attached hydrogen (secondary N) is 1. The highest BCUT2D eigenvalue weighted by atomic mass is 35.5. The van der Waals surface area contributed by atoms with Gasteiger partial charge in [0.1, 0.15) is 12.3 Å². The first-order chi connectivity index (χ1) is 12.4. The van der Waals surface area contributed by atoms with Crippen LogP contribution in [0.2, 0.25) is 5.02 Å². The molecular formula is C19H18ClNO5. The molecule has 136 valence electrons. The monoisotopic (exact) mass is 375 g/mol. The number of ether oxygens (including phenoxy) is 2. The van der Waals surface area contributed by atoms with Gasteiger partial charge in [-0.2, -0.15) is 0 Å². The molecule has 1 atom stereocenters. The van der Waals surface area contributed by atoms with Crippen LogP contribution < -0.4 is 10.1 Å². The Balaban J connectivity index is 1.86. The molecule has 0 unspecified atom stereocenters. The van der Waals surface area contributed by atoms with E-state index in [9.17, 15) is 14.4 Å². The molecule has 26 heavy (non-hydrogen) atoms. The summed E-state index contributed by atoms with van der Waals surface area (Å²) in [6.45, 7) is 1.12. The molecule has 0 aliphatic carbocycles. The summed E-state index contributed by atoms with van der Waals surface area (Å²) < 4.78 is 10.1. The van der Waals surface area contributed by atoms with Crippen LogP contribution in [0.25, 0.3) is 0 Å². The predicted molar refractivity (Wildman–Crippen MR) is 96.7 cm³/mol. The Bertz CT molecular complexity index is 804. The number of Topliss-reactive ketones (excluding diaryl/α,β-unsaturated/α-hetero) is 1. The van der Waals surface area contributed by atoms with Gasteiger partial charge in [0.25, 0.3) is 5.91 Å². The van der Waals surface area contributed by atoms with Gasteiger partial charge in [0.2, 0.25) is 5.78 Å². The van der Waals surface area contributed by atoms with Crippen LogP contribution in [-0.4, -0.2) is 37.4 Å². The predicted octanol–water partition coefficient (Wildman–Crippen LogP) is 2.89. The van der Waals surface area contributed by atoms with E-state index in [2.05, 4.69) is 5.32 Å². The summed E-state index contributed by atoms with van der Waals surface area (Å²) in [6.07, 6.45) is -0.975. The van der Waals surface area contributed by atoms with Gasteiger partial charge in [0.05, 0.1) is 7.11 Å². The lowest BCUT2D eigenvalue weighted by Crippen LogP contribution is -2.34. The van der Waals surface area contributed by atoms with E-state index in [0.29, 0.717) is 21.9 Å². The van der Waals surface area contributed by atoms with Crippen LogP contribution in [0, 0.1) is 0 Å². The van der Waals surface area contributed by atoms with Crippen molar-refractivity contribution in [3.8, 4) is 5.75 Å². The highest BCUT2D eigenvalue weighted by molar-refractivity contribution is 6.30. The molecule has 6 nitrogen and oxygen atoms in total. The number of halogens is 1. The van der Waals surface area contributed by atoms with Gasteiger partial charge in [-0.25, -0.2) is 0 Å². The Kier molecular flexibility index (Phi) is 6.74. The number of rotatable bonds is 7. The molecular weight excluding hydrogens is 358 g/mol. The van der Waals surface area contributed by atoms with E-state index in [1.807, 2.05) is 0 Å². The molecule has 2 rings (SSSR count). The summed E-state index contributed by atoms with van der Waals surface area (Å²) >= 11 is 5.78. The fraction of sp³-hybridized carbons (Fsp3) is 0.211. The summed E-state index contributed by atoms with van der Waals surface area (Å²) in [7, 11) is 1.49. The third kappa shape index (κ3) is 5.32. The van der Waals surface area contributed by atoms with Gasteiger partial charge in [-0.3, -0.25) is 14.4 Å². The minimum atomic E-state index is -0.975. The van der Waals surface area contributed by atoms with E-state index < -0.39 is 18.0 Å². The summed E-state index contributed by atoms with van der Waals surface area (Å²) in [4.78, 5) is 36.1. The van der Waals surface area contributed by atoms with Gasteiger partial charge in [0.15, 0.2) is 6.10 Å². The van der Waals surface area contributed by atoms with Crippen molar-refractivity contribution in [2.75, 3.05) is 13.7 Å². The van der Waals surface area contributed by atoms with Crippen molar-refractivity contribution in [3.63, 3.8) is 0 Å². The molecule has 0 radical (unpaired) electrons. The van der Waals surface area contributed by atoms with Crippen LogP contribution >= 0.6 is 11.6 Å². The van der Waals surface area contributed by atoms with Crippen molar-refractivity contribution in [1.29, 1.82) is 0 Å². The number of esters is 1. The smallest absolute Gasteiger partial charge is 0.326 e. The number of benzene rings is 2. The first kappa shape index (κ1) is 19.5. The van der Waals surface area contributed by atoms with E-state index in [1.54, 1.807) is 48.5 Å². The van der Waals surface area contributed by atoms with Crippen LogP contribution in [0.15, 0.2) is 48.5 Å². The Hall–Kier alpha value is -2.86. The number of carbonyl (C=O) groups is 3. The molecule has 1 amide bonds. The lowest BCUT2D eigenvalue weighted by Gasteiger charge is -2.13. The Labute approximate surface area is 156 Å². The first-order valence-electron chi connectivity index (χ1n) is 7.82. The normalized spacial score (nSPS) is 11.3. The van der Waals surface area contributed by atoms with E-state index in [4.69, 9.17) is 21.1 Å². The van der Waals surface area contributed by atoms with Crippen LogP contribution in [0.5, 0.6) is 5.75 Å². The molecule has 0 saturated heterocycles. The maximum absolute atomic E-state index is 12.2. The largest absolute Gasteiger partial charge is 0.497 e. The molecule has 1 N–H and O–H groups in total. The SMILES string of the molecule is COc1cccc(C(=O)NCC(=O)O[C@H](C)C(=O)c2ccc(Cl)cc2)c1. The topological polar surface area (TPSA) is 81.7 Å². The number of carbonyl (C=O) groups excluding carboxylic acids is 3. The van der Waals surface area contributed by atoms with Crippen molar-refractivity contribution >= 4 is 29.3 Å². The second-order valence-corrected chi connectivity index (χ2v) is 5.85. The van der Waals surface area contributed by atoms with Crippen molar-refractivity contribution in [2.45, 2.75) is 13.0 Å². The molecule has 0 spiro atoms. The van der Waals surface area contributed by atoms with E-state index in [0.717, 1.165) is 0 Å².